The van der Waals surface area contributed by atoms with Crippen molar-refractivity contribution in [2.24, 2.45) is 0 Å². The van der Waals surface area contributed by atoms with Gasteiger partial charge in [0.1, 0.15) is 0 Å². The van der Waals surface area contributed by atoms with Crippen LogP contribution >= 0.6 is 15.9 Å². The maximum absolute atomic E-state index is 12.2. The number of hydrogen-bond acceptors (Lipinski definition) is 2. The smallest absolute Gasteiger partial charge is 0.251 e. The van der Waals surface area contributed by atoms with Crippen LogP contribution in [-0.4, -0.2) is 36.5 Å². The molecule has 1 fully saturated rings. The van der Waals surface area contributed by atoms with Crippen LogP contribution in [0.4, 0.5) is 0 Å². The third-order valence-corrected chi connectivity index (χ3v) is 4.31. The molecule has 19 heavy (non-hydrogen) atoms. The molecule has 0 heterocycles. The van der Waals surface area contributed by atoms with Gasteiger partial charge in [-0.05, 0) is 51.4 Å². The minimum Gasteiger partial charge on any atom is -0.350 e. The Bertz CT molecular complexity index is 471. The van der Waals surface area contributed by atoms with E-state index in [4.69, 9.17) is 0 Å². The molecule has 104 valence electrons. The fraction of sp³-hybridized carbons (Fsp3) is 0.533. The van der Waals surface area contributed by atoms with Crippen LogP contribution in [0.2, 0.25) is 0 Å². The summed E-state index contributed by atoms with van der Waals surface area (Å²) in [4.78, 5) is 14.5. The van der Waals surface area contributed by atoms with E-state index in [0.717, 1.165) is 21.6 Å². The number of nitrogens with one attached hydrogen (secondary N) is 1. The summed E-state index contributed by atoms with van der Waals surface area (Å²) < 4.78 is 0.936. The van der Waals surface area contributed by atoms with E-state index in [1.165, 1.54) is 12.8 Å². The number of likely N-dealkylation sites (N-methyl/N-ethyl adjacent to an activating group) is 1. The SMILES string of the molecule is Cc1ccc(Br)cc1C(=O)NCC(C)N(C)C1CC1. The third-order valence-electron chi connectivity index (χ3n) is 3.82. The summed E-state index contributed by atoms with van der Waals surface area (Å²) in [6.45, 7) is 4.81. The Labute approximate surface area is 123 Å². The van der Waals surface area contributed by atoms with E-state index in [-0.39, 0.29) is 5.91 Å². The van der Waals surface area contributed by atoms with Crippen LogP contribution in [0.1, 0.15) is 35.7 Å². The predicted molar refractivity (Wildman–Crippen MR) is 81.5 cm³/mol. The maximum Gasteiger partial charge on any atom is 0.251 e. The molecule has 1 aliphatic carbocycles. The van der Waals surface area contributed by atoms with Gasteiger partial charge < -0.3 is 5.32 Å². The van der Waals surface area contributed by atoms with Crippen molar-refractivity contribution >= 4 is 21.8 Å². The fourth-order valence-electron chi connectivity index (χ4n) is 2.16. The average molecular weight is 325 g/mol. The van der Waals surface area contributed by atoms with Gasteiger partial charge in [-0.25, -0.2) is 0 Å². The van der Waals surface area contributed by atoms with E-state index in [1.807, 2.05) is 25.1 Å². The van der Waals surface area contributed by atoms with Crippen LogP contribution in [0.25, 0.3) is 0 Å². The Morgan fingerprint density at radius 2 is 2.21 bits per heavy atom. The molecule has 0 spiro atoms. The van der Waals surface area contributed by atoms with Crippen LogP contribution < -0.4 is 5.32 Å². The summed E-state index contributed by atoms with van der Waals surface area (Å²) in [5, 5.41) is 3.03. The van der Waals surface area contributed by atoms with E-state index in [2.05, 4.69) is 40.1 Å². The van der Waals surface area contributed by atoms with Crippen LogP contribution in [0, 0.1) is 6.92 Å². The first-order chi connectivity index (χ1) is 8.99. The van der Waals surface area contributed by atoms with E-state index in [1.54, 1.807) is 0 Å². The van der Waals surface area contributed by atoms with Gasteiger partial charge in [0.2, 0.25) is 0 Å². The monoisotopic (exact) mass is 324 g/mol. The molecule has 1 N–H and O–H groups in total. The number of halogens is 1. The van der Waals surface area contributed by atoms with Crippen molar-refractivity contribution < 1.29 is 4.79 Å². The van der Waals surface area contributed by atoms with Crippen LogP contribution in [0.3, 0.4) is 0 Å². The van der Waals surface area contributed by atoms with Crippen molar-refractivity contribution in [3.8, 4) is 0 Å². The number of carbonyl (C=O) groups excluding carboxylic acids is 1. The minimum atomic E-state index is 0.00912. The van der Waals surface area contributed by atoms with Crippen LogP contribution in [-0.2, 0) is 0 Å². The summed E-state index contributed by atoms with van der Waals surface area (Å²) in [5.74, 6) is 0.00912. The summed E-state index contributed by atoms with van der Waals surface area (Å²) >= 11 is 3.41. The molecule has 0 saturated heterocycles. The van der Waals surface area contributed by atoms with Crippen molar-refractivity contribution in [2.45, 2.75) is 38.8 Å². The van der Waals surface area contributed by atoms with Gasteiger partial charge in [-0.15, -0.1) is 0 Å². The highest BCUT2D eigenvalue weighted by atomic mass is 79.9. The Morgan fingerprint density at radius 3 is 2.84 bits per heavy atom. The highest BCUT2D eigenvalue weighted by Crippen LogP contribution is 2.26. The Morgan fingerprint density at radius 1 is 1.53 bits per heavy atom. The van der Waals surface area contributed by atoms with Gasteiger partial charge in [-0.2, -0.15) is 0 Å². The molecule has 1 amide bonds. The van der Waals surface area contributed by atoms with Gasteiger partial charge in [-0.1, -0.05) is 22.0 Å². The number of nitrogens with zero attached hydrogens (tertiary/aromatic N) is 1. The molecule has 0 aromatic heterocycles. The molecule has 1 aromatic carbocycles. The molecule has 1 atom stereocenters. The van der Waals surface area contributed by atoms with E-state index >= 15 is 0 Å². The van der Waals surface area contributed by atoms with Crippen molar-refractivity contribution in [1.82, 2.24) is 10.2 Å². The molecule has 0 bridgehead atoms. The lowest BCUT2D eigenvalue weighted by Gasteiger charge is -2.24. The summed E-state index contributed by atoms with van der Waals surface area (Å²) in [6, 6.07) is 6.89. The standard InChI is InChI=1S/C15H21BrN2O/c1-10-4-5-12(16)8-14(10)15(19)17-9-11(2)18(3)13-6-7-13/h4-5,8,11,13H,6-7,9H2,1-3H3,(H,17,19). The molecule has 4 heteroatoms. The van der Waals surface area contributed by atoms with Gasteiger partial charge in [0.05, 0.1) is 0 Å². The number of carbonyl (C=O) groups is 1. The van der Waals surface area contributed by atoms with Gasteiger partial charge >= 0.3 is 0 Å². The summed E-state index contributed by atoms with van der Waals surface area (Å²) in [6.07, 6.45) is 2.58. The number of amides is 1. The van der Waals surface area contributed by atoms with Gasteiger partial charge in [-0.3, -0.25) is 9.69 Å². The Hall–Kier alpha value is -0.870. The maximum atomic E-state index is 12.2. The second kappa shape index (κ2) is 6.06. The van der Waals surface area contributed by atoms with Gasteiger partial charge in [0, 0.05) is 28.7 Å². The lowest BCUT2D eigenvalue weighted by atomic mass is 10.1. The normalized spacial score (nSPS) is 16.5. The van der Waals surface area contributed by atoms with E-state index in [0.29, 0.717) is 12.6 Å². The van der Waals surface area contributed by atoms with Gasteiger partial charge in [0.25, 0.3) is 5.91 Å². The molecule has 1 unspecified atom stereocenters. The quantitative estimate of drug-likeness (QED) is 0.903. The topological polar surface area (TPSA) is 32.3 Å². The van der Waals surface area contributed by atoms with Crippen molar-refractivity contribution in [3.05, 3.63) is 33.8 Å². The van der Waals surface area contributed by atoms with E-state index < -0.39 is 0 Å². The molecule has 1 saturated carbocycles. The second-order valence-corrected chi connectivity index (χ2v) is 6.33. The molecule has 1 aliphatic rings. The van der Waals surface area contributed by atoms with Crippen molar-refractivity contribution in [2.75, 3.05) is 13.6 Å². The van der Waals surface area contributed by atoms with E-state index in [9.17, 15) is 4.79 Å². The zero-order valence-corrected chi connectivity index (χ0v) is 13.3. The first-order valence-corrected chi connectivity index (χ1v) is 7.54. The average Bonchev–Trinajstić information content (AvgIpc) is 3.21. The Kier molecular flexibility index (Phi) is 4.63. The molecule has 2 rings (SSSR count). The van der Waals surface area contributed by atoms with Crippen molar-refractivity contribution in [3.63, 3.8) is 0 Å². The molecular formula is C15H21BrN2O. The highest BCUT2D eigenvalue weighted by molar-refractivity contribution is 9.10. The van der Waals surface area contributed by atoms with Crippen molar-refractivity contribution in [1.29, 1.82) is 0 Å². The predicted octanol–water partition coefficient (Wildman–Crippen LogP) is 2.97. The van der Waals surface area contributed by atoms with Gasteiger partial charge in [0.15, 0.2) is 0 Å². The molecule has 3 nitrogen and oxygen atoms in total. The third kappa shape index (κ3) is 3.80. The molecule has 0 aliphatic heterocycles. The number of benzene rings is 1. The lowest BCUT2D eigenvalue weighted by Crippen LogP contribution is -2.41. The first kappa shape index (κ1) is 14.5. The zero-order valence-electron chi connectivity index (χ0n) is 11.7. The zero-order chi connectivity index (χ0) is 14.0. The number of hydrogen-bond donors (Lipinski definition) is 1. The molecule has 1 aromatic rings. The lowest BCUT2D eigenvalue weighted by molar-refractivity contribution is 0.0939. The first-order valence-electron chi connectivity index (χ1n) is 6.75. The summed E-state index contributed by atoms with van der Waals surface area (Å²) in [7, 11) is 2.14. The molecule has 0 radical (unpaired) electrons. The molecular weight excluding hydrogens is 304 g/mol. The van der Waals surface area contributed by atoms with Crippen LogP contribution in [0.5, 0.6) is 0 Å². The number of rotatable bonds is 5. The highest BCUT2D eigenvalue weighted by Gasteiger charge is 2.29. The summed E-state index contributed by atoms with van der Waals surface area (Å²) in [5.41, 5.74) is 1.75. The fourth-order valence-corrected chi connectivity index (χ4v) is 2.52. The minimum absolute atomic E-state index is 0.00912. The van der Waals surface area contributed by atoms with Crippen LogP contribution in [0.15, 0.2) is 22.7 Å². The number of aryl methyl sites for hydroxylation is 1. The second-order valence-electron chi connectivity index (χ2n) is 5.41. The Balaban J connectivity index is 1.91. The largest absolute Gasteiger partial charge is 0.350 e.